The van der Waals surface area contributed by atoms with Crippen molar-refractivity contribution < 1.29 is 4.79 Å². The van der Waals surface area contributed by atoms with Crippen molar-refractivity contribution in [1.29, 1.82) is 5.26 Å². The van der Waals surface area contributed by atoms with Gasteiger partial charge in [0, 0.05) is 23.6 Å². The Labute approximate surface area is 159 Å². The van der Waals surface area contributed by atoms with Crippen molar-refractivity contribution in [3.63, 3.8) is 0 Å². The second-order valence-corrected chi connectivity index (χ2v) is 7.76. The van der Waals surface area contributed by atoms with Gasteiger partial charge in [0.2, 0.25) is 5.91 Å². The molecule has 0 unspecified atom stereocenters. The molecule has 0 fully saturated rings. The molecule has 1 aliphatic rings. The smallest absolute Gasteiger partial charge is 0.225 e. The lowest BCUT2D eigenvalue weighted by Crippen LogP contribution is -2.14. The molecule has 0 spiro atoms. The number of anilines is 1. The van der Waals surface area contributed by atoms with E-state index >= 15 is 0 Å². The Kier molecular flexibility index (Phi) is 5.95. The first-order valence-electron chi connectivity index (χ1n) is 9.00. The summed E-state index contributed by atoms with van der Waals surface area (Å²) in [6.45, 7) is 3.99. The molecule has 1 aromatic heterocycles. The summed E-state index contributed by atoms with van der Waals surface area (Å²) in [6.07, 6.45) is 4.72. The van der Waals surface area contributed by atoms with E-state index in [-0.39, 0.29) is 5.91 Å². The summed E-state index contributed by atoms with van der Waals surface area (Å²) >= 11 is 1.50. The highest BCUT2D eigenvalue weighted by molar-refractivity contribution is 7.99. The van der Waals surface area contributed by atoms with Crippen LogP contribution in [0.3, 0.4) is 0 Å². The summed E-state index contributed by atoms with van der Waals surface area (Å²) in [5, 5.41) is 13.2. The third kappa shape index (κ3) is 4.25. The zero-order valence-electron chi connectivity index (χ0n) is 15.3. The molecule has 0 saturated carbocycles. The zero-order chi connectivity index (χ0) is 18.5. The van der Waals surface area contributed by atoms with Gasteiger partial charge in [-0.3, -0.25) is 4.79 Å². The number of aryl methyl sites for hydroxylation is 4. The van der Waals surface area contributed by atoms with Gasteiger partial charge >= 0.3 is 0 Å². The molecular weight excluding hydrogens is 342 g/mol. The maximum atomic E-state index is 12.3. The molecule has 1 heterocycles. The highest BCUT2D eigenvalue weighted by Gasteiger charge is 2.16. The van der Waals surface area contributed by atoms with Crippen molar-refractivity contribution in [2.75, 3.05) is 11.1 Å². The number of nitrogens with zero attached hydrogens (tertiary/aromatic N) is 2. The first-order chi connectivity index (χ1) is 12.6. The van der Waals surface area contributed by atoms with Crippen LogP contribution in [0.25, 0.3) is 0 Å². The fraction of sp³-hybridized carbons (Fsp3) is 0.381. The minimum Gasteiger partial charge on any atom is -0.326 e. The molecular formula is C21H23N3OS. The van der Waals surface area contributed by atoms with E-state index in [0.717, 1.165) is 46.8 Å². The zero-order valence-corrected chi connectivity index (χ0v) is 16.1. The molecule has 3 rings (SSSR count). The highest BCUT2D eigenvalue weighted by atomic mass is 32.2. The van der Waals surface area contributed by atoms with Crippen molar-refractivity contribution in [3.8, 4) is 6.07 Å². The number of nitrogens with one attached hydrogen (secondary N) is 1. The van der Waals surface area contributed by atoms with Gasteiger partial charge in [-0.25, -0.2) is 4.98 Å². The Hall–Kier alpha value is -2.32. The van der Waals surface area contributed by atoms with Gasteiger partial charge in [-0.2, -0.15) is 5.26 Å². The van der Waals surface area contributed by atoms with Crippen molar-refractivity contribution in [2.45, 2.75) is 51.0 Å². The summed E-state index contributed by atoms with van der Waals surface area (Å²) in [7, 11) is 0. The molecule has 26 heavy (non-hydrogen) atoms. The van der Waals surface area contributed by atoms with Gasteiger partial charge in [-0.15, -0.1) is 11.8 Å². The number of amides is 1. The van der Waals surface area contributed by atoms with E-state index in [9.17, 15) is 10.1 Å². The van der Waals surface area contributed by atoms with Crippen LogP contribution in [-0.2, 0) is 17.6 Å². The lowest BCUT2D eigenvalue weighted by molar-refractivity contribution is -0.115. The number of rotatable bonds is 5. The normalized spacial score (nSPS) is 13.0. The molecule has 5 heteroatoms. The van der Waals surface area contributed by atoms with Crippen LogP contribution in [0.5, 0.6) is 0 Å². The number of aromatic nitrogens is 1. The van der Waals surface area contributed by atoms with Gasteiger partial charge in [0.05, 0.1) is 5.56 Å². The topological polar surface area (TPSA) is 65.8 Å². The minimum atomic E-state index is -0.00799. The number of hydrogen-bond donors (Lipinski definition) is 1. The van der Waals surface area contributed by atoms with Crippen LogP contribution in [0.15, 0.2) is 29.3 Å². The monoisotopic (exact) mass is 365 g/mol. The molecule has 2 aromatic rings. The van der Waals surface area contributed by atoms with Gasteiger partial charge in [-0.1, -0.05) is 18.2 Å². The standard InChI is InChI=1S/C21H23N3OS/c1-14-6-5-7-15(2)20(14)24-19(25)10-11-26-21-17(13-22)12-16-8-3-4-9-18(16)23-21/h5-7,12H,3-4,8-11H2,1-2H3,(H,24,25). The number of nitriles is 1. The number of hydrogen-bond acceptors (Lipinski definition) is 4. The van der Waals surface area contributed by atoms with E-state index in [1.807, 2.05) is 38.1 Å². The molecule has 1 aromatic carbocycles. The van der Waals surface area contributed by atoms with Crippen LogP contribution in [0.2, 0.25) is 0 Å². The van der Waals surface area contributed by atoms with Crippen molar-refractivity contribution >= 4 is 23.4 Å². The summed E-state index contributed by atoms with van der Waals surface area (Å²) in [5.74, 6) is 0.600. The van der Waals surface area contributed by atoms with Gasteiger partial charge in [-0.05, 0) is 62.3 Å². The van der Waals surface area contributed by atoms with Gasteiger partial charge in [0.15, 0.2) is 0 Å². The third-order valence-electron chi connectivity index (χ3n) is 4.70. The van der Waals surface area contributed by atoms with E-state index in [0.29, 0.717) is 17.7 Å². The van der Waals surface area contributed by atoms with E-state index in [2.05, 4.69) is 11.4 Å². The SMILES string of the molecule is Cc1cccc(C)c1NC(=O)CCSc1nc2c(cc1C#N)CCCC2. The maximum absolute atomic E-state index is 12.3. The predicted octanol–water partition coefficient (Wildman–Crippen LogP) is 4.57. The number of thioether (sulfide) groups is 1. The molecule has 4 nitrogen and oxygen atoms in total. The molecule has 1 aliphatic carbocycles. The molecule has 0 aliphatic heterocycles. The average Bonchev–Trinajstić information content (AvgIpc) is 2.64. The number of para-hydroxylation sites is 1. The van der Waals surface area contributed by atoms with Gasteiger partial charge in [0.1, 0.15) is 11.1 Å². The summed E-state index contributed by atoms with van der Waals surface area (Å²) in [6, 6.07) is 10.2. The summed E-state index contributed by atoms with van der Waals surface area (Å²) < 4.78 is 0. The molecule has 0 radical (unpaired) electrons. The summed E-state index contributed by atoms with van der Waals surface area (Å²) in [5.41, 5.74) is 5.99. The highest BCUT2D eigenvalue weighted by Crippen LogP contribution is 2.28. The van der Waals surface area contributed by atoms with Crippen LogP contribution < -0.4 is 5.32 Å². The van der Waals surface area contributed by atoms with E-state index in [1.165, 1.54) is 23.7 Å². The predicted molar refractivity (Wildman–Crippen MR) is 105 cm³/mol. The Morgan fingerprint density at radius 2 is 2.00 bits per heavy atom. The van der Waals surface area contributed by atoms with E-state index < -0.39 is 0 Å². The van der Waals surface area contributed by atoms with Gasteiger partial charge < -0.3 is 5.32 Å². The Morgan fingerprint density at radius 1 is 1.27 bits per heavy atom. The largest absolute Gasteiger partial charge is 0.326 e. The Morgan fingerprint density at radius 3 is 2.73 bits per heavy atom. The van der Waals surface area contributed by atoms with Crippen LogP contribution in [-0.4, -0.2) is 16.6 Å². The average molecular weight is 366 g/mol. The molecule has 1 N–H and O–H groups in total. The Bertz CT molecular complexity index is 850. The molecule has 0 bridgehead atoms. The summed E-state index contributed by atoms with van der Waals surface area (Å²) in [4.78, 5) is 17.0. The lowest BCUT2D eigenvalue weighted by Gasteiger charge is -2.16. The second-order valence-electron chi connectivity index (χ2n) is 6.68. The lowest BCUT2D eigenvalue weighted by atomic mass is 9.95. The first-order valence-corrected chi connectivity index (χ1v) is 9.99. The number of carbonyl (C=O) groups excluding carboxylic acids is 1. The fourth-order valence-corrected chi connectivity index (χ4v) is 4.17. The second kappa shape index (κ2) is 8.37. The first kappa shape index (κ1) is 18.5. The molecule has 134 valence electrons. The third-order valence-corrected chi connectivity index (χ3v) is 5.69. The van der Waals surface area contributed by atoms with Crippen LogP contribution in [0.4, 0.5) is 5.69 Å². The minimum absolute atomic E-state index is 0.00799. The molecule has 0 atom stereocenters. The number of benzene rings is 1. The van der Waals surface area contributed by atoms with E-state index in [4.69, 9.17) is 4.98 Å². The number of carbonyl (C=O) groups is 1. The fourth-order valence-electron chi connectivity index (χ4n) is 3.26. The Balaban J connectivity index is 1.61. The number of pyridine rings is 1. The van der Waals surface area contributed by atoms with Crippen LogP contribution >= 0.6 is 11.8 Å². The molecule has 0 saturated heterocycles. The number of fused-ring (bicyclic) bond motifs is 1. The van der Waals surface area contributed by atoms with Crippen LogP contribution in [0.1, 0.15) is 47.2 Å². The van der Waals surface area contributed by atoms with Gasteiger partial charge in [0.25, 0.3) is 0 Å². The van der Waals surface area contributed by atoms with Crippen LogP contribution in [0, 0.1) is 25.2 Å². The van der Waals surface area contributed by atoms with Crippen molar-refractivity contribution in [3.05, 3.63) is 52.2 Å². The van der Waals surface area contributed by atoms with Crippen molar-refractivity contribution in [1.82, 2.24) is 4.98 Å². The van der Waals surface area contributed by atoms with E-state index in [1.54, 1.807) is 0 Å². The quantitative estimate of drug-likeness (QED) is 0.788. The maximum Gasteiger partial charge on any atom is 0.225 e. The van der Waals surface area contributed by atoms with Crippen molar-refractivity contribution in [2.24, 2.45) is 0 Å². The molecule has 1 amide bonds.